The lowest BCUT2D eigenvalue weighted by molar-refractivity contribution is 0.274. The molecule has 2 rings (SSSR count). The van der Waals surface area contributed by atoms with Crippen molar-refractivity contribution in [1.82, 2.24) is 4.90 Å². The Morgan fingerprint density at radius 2 is 1.74 bits per heavy atom. The molecule has 1 aliphatic heterocycles. The van der Waals surface area contributed by atoms with E-state index in [4.69, 9.17) is 5.73 Å². The highest BCUT2D eigenvalue weighted by Gasteiger charge is 2.20. The SMILES string of the molecule is CCC1CCC(CN=C(N)N2CCSCC2)CC1.I. The summed E-state index contributed by atoms with van der Waals surface area (Å²) in [6.07, 6.45) is 6.85. The number of hydrogen-bond donors (Lipinski definition) is 1. The predicted octanol–water partition coefficient (Wildman–Crippen LogP) is 3.18. The standard InChI is InChI=1S/C14H27N3S.HI/c1-2-12-3-5-13(6-4-12)11-16-14(15)17-7-9-18-10-8-17;/h12-13H,2-11H2,1H3,(H2,15,16);1H. The van der Waals surface area contributed by atoms with E-state index in [1.165, 1.54) is 43.6 Å². The lowest BCUT2D eigenvalue weighted by Crippen LogP contribution is -2.43. The molecule has 3 nitrogen and oxygen atoms in total. The molecule has 0 bridgehead atoms. The van der Waals surface area contributed by atoms with Crippen molar-refractivity contribution in [3.8, 4) is 0 Å². The second-order valence-corrected chi connectivity index (χ2v) is 6.82. The van der Waals surface area contributed by atoms with E-state index in [9.17, 15) is 0 Å². The Morgan fingerprint density at radius 3 is 2.32 bits per heavy atom. The maximum absolute atomic E-state index is 6.09. The highest BCUT2D eigenvalue weighted by molar-refractivity contribution is 14.0. The first-order valence-electron chi connectivity index (χ1n) is 7.42. The fourth-order valence-corrected chi connectivity index (χ4v) is 3.84. The van der Waals surface area contributed by atoms with Crippen LogP contribution in [0.25, 0.3) is 0 Å². The van der Waals surface area contributed by atoms with E-state index < -0.39 is 0 Å². The summed E-state index contributed by atoms with van der Waals surface area (Å²) in [4.78, 5) is 6.88. The van der Waals surface area contributed by atoms with Crippen LogP contribution >= 0.6 is 35.7 Å². The monoisotopic (exact) mass is 397 g/mol. The Kier molecular flexibility index (Phi) is 8.53. The van der Waals surface area contributed by atoms with E-state index >= 15 is 0 Å². The molecule has 1 saturated carbocycles. The number of rotatable bonds is 3. The third kappa shape index (κ3) is 5.69. The molecular weight excluding hydrogens is 369 g/mol. The number of halogens is 1. The van der Waals surface area contributed by atoms with Gasteiger partial charge < -0.3 is 10.6 Å². The molecule has 5 heteroatoms. The number of aliphatic imine (C=N–C) groups is 1. The fraction of sp³-hybridized carbons (Fsp3) is 0.929. The maximum atomic E-state index is 6.09. The molecule has 2 fully saturated rings. The van der Waals surface area contributed by atoms with Gasteiger partial charge in [0.25, 0.3) is 0 Å². The van der Waals surface area contributed by atoms with Crippen molar-refractivity contribution in [2.45, 2.75) is 39.0 Å². The van der Waals surface area contributed by atoms with Gasteiger partial charge in [0, 0.05) is 31.1 Å². The van der Waals surface area contributed by atoms with E-state index in [2.05, 4.69) is 16.8 Å². The van der Waals surface area contributed by atoms with E-state index in [0.717, 1.165) is 37.4 Å². The van der Waals surface area contributed by atoms with Crippen molar-refractivity contribution in [2.24, 2.45) is 22.6 Å². The molecule has 0 radical (unpaired) electrons. The molecular formula is C14H28IN3S. The van der Waals surface area contributed by atoms with E-state index in [1.54, 1.807) is 0 Å². The Morgan fingerprint density at radius 1 is 1.16 bits per heavy atom. The average Bonchev–Trinajstić information content (AvgIpc) is 2.46. The van der Waals surface area contributed by atoms with Gasteiger partial charge in [-0.25, -0.2) is 0 Å². The van der Waals surface area contributed by atoms with Crippen molar-refractivity contribution in [1.29, 1.82) is 0 Å². The van der Waals surface area contributed by atoms with E-state index in [0.29, 0.717) is 0 Å². The molecule has 1 aliphatic carbocycles. The molecule has 19 heavy (non-hydrogen) atoms. The molecule has 0 aromatic rings. The second-order valence-electron chi connectivity index (χ2n) is 5.59. The van der Waals surface area contributed by atoms with Crippen molar-refractivity contribution in [2.75, 3.05) is 31.1 Å². The van der Waals surface area contributed by atoms with Crippen LogP contribution < -0.4 is 5.73 Å². The van der Waals surface area contributed by atoms with Gasteiger partial charge in [-0.15, -0.1) is 24.0 Å². The third-order valence-corrected chi connectivity index (χ3v) is 5.33. The number of hydrogen-bond acceptors (Lipinski definition) is 2. The minimum Gasteiger partial charge on any atom is -0.370 e. The minimum atomic E-state index is 0. The highest BCUT2D eigenvalue weighted by Crippen LogP contribution is 2.30. The molecule has 112 valence electrons. The topological polar surface area (TPSA) is 41.6 Å². The summed E-state index contributed by atoms with van der Waals surface area (Å²) >= 11 is 2.01. The Balaban J connectivity index is 0.00000180. The molecule has 0 amide bonds. The minimum absolute atomic E-state index is 0. The van der Waals surface area contributed by atoms with Gasteiger partial charge in [0.2, 0.25) is 0 Å². The van der Waals surface area contributed by atoms with Gasteiger partial charge >= 0.3 is 0 Å². The van der Waals surface area contributed by atoms with Crippen LogP contribution in [0.3, 0.4) is 0 Å². The summed E-state index contributed by atoms with van der Waals surface area (Å²) in [6, 6.07) is 0. The van der Waals surface area contributed by atoms with Crippen LogP contribution in [0.1, 0.15) is 39.0 Å². The normalized spacial score (nSPS) is 28.9. The molecule has 0 aromatic heterocycles. The van der Waals surface area contributed by atoms with Crippen LogP contribution in [-0.4, -0.2) is 42.0 Å². The fourth-order valence-electron chi connectivity index (χ4n) is 2.94. The van der Waals surface area contributed by atoms with Crippen molar-refractivity contribution < 1.29 is 0 Å². The van der Waals surface area contributed by atoms with Crippen LogP contribution in [0.15, 0.2) is 4.99 Å². The Labute approximate surface area is 139 Å². The van der Waals surface area contributed by atoms with Crippen LogP contribution in [0.5, 0.6) is 0 Å². The molecule has 0 unspecified atom stereocenters. The lowest BCUT2D eigenvalue weighted by Gasteiger charge is -2.29. The molecule has 0 atom stereocenters. The number of nitrogens with zero attached hydrogens (tertiary/aromatic N) is 2. The second kappa shape index (κ2) is 9.32. The van der Waals surface area contributed by atoms with Crippen molar-refractivity contribution >= 4 is 41.7 Å². The van der Waals surface area contributed by atoms with Gasteiger partial charge in [0.05, 0.1) is 0 Å². The maximum Gasteiger partial charge on any atom is 0.191 e. The molecule has 0 aromatic carbocycles. The third-order valence-electron chi connectivity index (χ3n) is 4.39. The summed E-state index contributed by atoms with van der Waals surface area (Å²) in [5.74, 6) is 4.93. The van der Waals surface area contributed by atoms with Gasteiger partial charge in [-0.1, -0.05) is 26.2 Å². The summed E-state index contributed by atoms with van der Waals surface area (Å²) in [7, 11) is 0. The number of nitrogens with two attached hydrogens (primary N) is 1. The number of guanidine groups is 1. The molecule has 1 saturated heterocycles. The van der Waals surface area contributed by atoms with Crippen LogP contribution in [-0.2, 0) is 0 Å². The largest absolute Gasteiger partial charge is 0.370 e. The van der Waals surface area contributed by atoms with E-state index in [-0.39, 0.29) is 24.0 Å². The first kappa shape index (κ1) is 17.4. The van der Waals surface area contributed by atoms with Crippen LogP contribution in [0.4, 0.5) is 0 Å². The smallest absolute Gasteiger partial charge is 0.191 e. The quantitative estimate of drug-likeness (QED) is 0.452. The van der Waals surface area contributed by atoms with Gasteiger partial charge in [-0.2, -0.15) is 11.8 Å². The zero-order valence-electron chi connectivity index (χ0n) is 12.0. The van der Waals surface area contributed by atoms with Gasteiger partial charge in [0.1, 0.15) is 0 Å². The zero-order valence-corrected chi connectivity index (χ0v) is 15.2. The van der Waals surface area contributed by atoms with Gasteiger partial charge in [-0.3, -0.25) is 4.99 Å². The molecule has 1 heterocycles. The molecule has 2 N–H and O–H groups in total. The summed E-state index contributed by atoms with van der Waals surface area (Å²) in [5, 5.41) is 0. The van der Waals surface area contributed by atoms with Gasteiger partial charge in [0.15, 0.2) is 5.96 Å². The van der Waals surface area contributed by atoms with Crippen LogP contribution in [0.2, 0.25) is 0 Å². The first-order chi connectivity index (χ1) is 8.79. The van der Waals surface area contributed by atoms with Crippen LogP contribution in [0, 0.1) is 11.8 Å². The Bertz CT molecular complexity index is 272. The lowest BCUT2D eigenvalue weighted by atomic mass is 9.81. The van der Waals surface area contributed by atoms with Crippen molar-refractivity contribution in [3.05, 3.63) is 0 Å². The summed E-state index contributed by atoms with van der Waals surface area (Å²) in [5.41, 5.74) is 6.09. The predicted molar refractivity (Wildman–Crippen MR) is 96.5 cm³/mol. The Hall–Kier alpha value is 0.350. The summed E-state index contributed by atoms with van der Waals surface area (Å²) < 4.78 is 0. The van der Waals surface area contributed by atoms with E-state index in [1.807, 2.05) is 11.8 Å². The first-order valence-corrected chi connectivity index (χ1v) is 8.57. The number of thioether (sulfide) groups is 1. The summed E-state index contributed by atoms with van der Waals surface area (Å²) in [6.45, 7) is 5.41. The highest BCUT2D eigenvalue weighted by atomic mass is 127. The molecule has 0 spiro atoms. The van der Waals surface area contributed by atoms with Crippen molar-refractivity contribution in [3.63, 3.8) is 0 Å². The van der Waals surface area contributed by atoms with Gasteiger partial charge in [-0.05, 0) is 24.7 Å². The zero-order chi connectivity index (χ0) is 12.8. The molecule has 2 aliphatic rings. The average molecular weight is 397 g/mol.